The lowest BCUT2D eigenvalue weighted by Gasteiger charge is -2.34. The van der Waals surface area contributed by atoms with Crippen molar-refractivity contribution in [1.82, 2.24) is 4.90 Å². The molecule has 2 nitrogen and oxygen atoms in total. The molecule has 3 atom stereocenters. The first-order valence-corrected chi connectivity index (χ1v) is 4.71. The van der Waals surface area contributed by atoms with Crippen LogP contribution in [-0.4, -0.2) is 31.1 Å². The molecule has 2 aliphatic rings. The fourth-order valence-corrected chi connectivity index (χ4v) is 2.66. The second kappa shape index (κ2) is 5.40. The number of rotatable bonds is 0. The van der Waals surface area contributed by atoms with Gasteiger partial charge in [-0.05, 0) is 44.7 Å². The maximum Gasteiger partial charge on any atom is 0.00821 e. The van der Waals surface area contributed by atoms with E-state index in [1.807, 2.05) is 0 Å². The molecule has 80 valence electrons. The highest BCUT2D eigenvalue weighted by Crippen LogP contribution is 2.36. The molecule has 0 aromatic carbocycles. The highest BCUT2D eigenvalue weighted by atomic mass is 35.5. The summed E-state index contributed by atoms with van der Waals surface area (Å²) in [4.78, 5) is 2.42. The quantitative estimate of drug-likeness (QED) is 0.679. The molecule has 0 radical (unpaired) electrons. The highest BCUT2D eigenvalue weighted by Gasteiger charge is 2.36. The Balaban J connectivity index is 0.000000720. The fourth-order valence-electron chi connectivity index (χ4n) is 2.66. The van der Waals surface area contributed by atoms with E-state index in [4.69, 9.17) is 5.73 Å². The Morgan fingerprint density at radius 2 is 1.85 bits per heavy atom. The van der Waals surface area contributed by atoms with Crippen LogP contribution in [0.15, 0.2) is 0 Å². The van der Waals surface area contributed by atoms with Crippen molar-refractivity contribution in [3.8, 4) is 0 Å². The van der Waals surface area contributed by atoms with Gasteiger partial charge in [-0.2, -0.15) is 0 Å². The maximum absolute atomic E-state index is 6.02. The summed E-state index contributed by atoms with van der Waals surface area (Å²) >= 11 is 0. The van der Waals surface area contributed by atoms with Crippen LogP contribution in [0.3, 0.4) is 0 Å². The summed E-state index contributed by atoms with van der Waals surface area (Å²) in [7, 11) is 2.21. The average molecular weight is 227 g/mol. The van der Waals surface area contributed by atoms with E-state index in [-0.39, 0.29) is 24.8 Å². The van der Waals surface area contributed by atoms with Crippen molar-refractivity contribution in [2.24, 2.45) is 17.6 Å². The molecule has 2 rings (SSSR count). The molecule has 0 unspecified atom stereocenters. The van der Waals surface area contributed by atoms with Crippen LogP contribution >= 0.6 is 24.8 Å². The van der Waals surface area contributed by atoms with Crippen molar-refractivity contribution in [2.75, 3.05) is 20.1 Å². The third kappa shape index (κ3) is 2.72. The third-order valence-electron chi connectivity index (χ3n) is 3.43. The number of piperidine rings is 1. The van der Waals surface area contributed by atoms with Crippen molar-refractivity contribution in [2.45, 2.75) is 25.3 Å². The molecule has 1 saturated carbocycles. The largest absolute Gasteiger partial charge is 0.327 e. The van der Waals surface area contributed by atoms with Gasteiger partial charge in [0, 0.05) is 12.6 Å². The van der Waals surface area contributed by atoms with Gasteiger partial charge in [0.2, 0.25) is 0 Å². The van der Waals surface area contributed by atoms with Crippen molar-refractivity contribution >= 4 is 24.8 Å². The zero-order valence-corrected chi connectivity index (χ0v) is 9.74. The number of fused-ring (bicyclic) bond motifs is 1. The molecule has 0 amide bonds. The summed E-state index contributed by atoms with van der Waals surface area (Å²) in [6, 6.07) is 0.503. The Kier molecular flexibility index (Phi) is 5.61. The number of likely N-dealkylation sites (tertiary alicyclic amines) is 1. The van der Waals surface area contributed by atoms with E-state index in [1.54, 1.807) is 0 Å². The summed E-state index contributed by atoms with van der Waals surface area (Å²) in [5, 5.41) is 0. The second-order valence-corrected chi connectivity index (χ2v) is 4.22. The van der Waals surface area contributed by atoms with Gasteiger partial charge in [-0.25, -0.2) is 0 Å². The van der Waals surface area contributed by atoms with Gasteiger partial charge in [0.15, 0.2) is 0 Å². The van der Waals surface area contributed by atoms with Gasteiger partial charge in [-0.3, -0.25) is 0 Å². The molecular weight excluding hydrogens is 207 g/mol. The fraction of sp³-hybridized carbons (Fsp3) is 1.00. The lowest BCUT2D eigenvalue weighted by Crippen LogP contribution is -2.42. The first-order valence-electron chi connectivity index (χ1n) is 4.71. The van der Waals surface area contributed by atoms with Crippen LogP contribution in [0.4, 0.5) is 0 Å². The van der Waals surface area contributed by atoms with E-state index in [0.717, 1.165) is 11.8 Å². The summed E-state index contributed by atoms with van der Waals surface area (Å²) in [6.07, 6.45) is 4.04. The topological polar surface area (TPSA) is 29.3 Å². The molecule has 1 heterocycles. The number of nitrogens with zero attached hydrogens (tertiary/aromatic N) is 1. The van der Waals surface area contributed by atoms with Crippen molar-refractivity contribution < 1.29 is 0 Å². The van der Waals surface area contributed by atoms with Crippen LogP contribution in [0.25, 0.3) is 0 Å². The summed E-state index contributed by atoms with van der Waals surface area (Å²) < 4.78 is 0. The van der Waals surface area contributed by atoms with E-state index < -0.39 is 0 Å². The molecule has 0 bridgehead atoms. The number of nitrogens with two attached hydrogens (primary N) is 1. The van der Waals surface area contributed by atoms with Gasteiger partial charge < -0.3 is 10.6 Å². The monoisotopic (exact) mass is 226 g/mol. The van der Waals surface area contributed by atoms with Crippen LogP contribution in [0.2, 0.25) is 0 Å². The minimum absolute atomic E-state index is 0. The number of hydrogen-bond acceptors (Lipinski definition) is 2. The van der Waals surface area contributed by atoms with Crippen molar-refractivity contribution in [3.05, 3.63) is 0 Å². The molecular formula is C9H20Cl2N2. The Morgan fingerprint density at radius 1 is 1.15 bits per heavy atom. The molecule has 1 aliphatic heterocycles. The molecule has 0 aromatic heterocycles. The van der Waals surface area contributed by atoms with Gasteiger partial charge >= 0.3 is 0 Å². The first kappa shape index (κ1) is 13.5. The van der Waals surface area contributed by atoms with Gasteiger partial charge in [0.25, 0.3) is 0 Å². The molecule has 13 heavy (non-hydrogen) atoms. The van der Waals surface area contributed by atoms with E-state index in [9.17, 15) is 0 Å². The van der Waals surface area contributed by atoms with Crippen LogP contribution in [-0.2, 0) is 0 Å². The Labute approximate surface area is 93.1 Å². The van der Waals surface area contributed by atoms with Crippen LogP contribution in [0, 0.1) is 11.8 Å². The first-order chi connectivity index (χ1) is 5.27. The predicted octanol–water partition coefficient (Wildman–Crippen LogP) is 1.52. The zero-order valence-electron chi connectivity index (χ0n) is 8.11. The van der Waals surface area contributed by atoms with E-state index >= 15 is 0 Å². The molecule has 4 heteroatoms. The Morgan fingerprint density at radius 3 is 2.54 bits per heavy atom. The summed E-state index contributed by atoms with van der Waals surface area (Å²) in [5.74, 6) is 1.77. The Hall–Kier alpha value is 0.500. The zero-order chi connectivity index (χ0) is 7.84. The normalized spacial score (nSPS) is 38.8. The summed E-state index contributed by atoms with van der Waals surface area (Å²) in [6.45, 7) is 2.53. The SMILES string of the molecule is CN1CC[C@@H]2CC[C@H](N)[C@@H]2C1.Cl.Cl. The number of halogens is 2. The van der Waals surface area contributed by atoms with Crippen LogP contribution in [0.5, 0.6) is 0 Å². The van der Waals surface area contributed by atoms with E-state index in [2.05, 4.69) is 11.9 Å². The third-order valence-corrected chi connectivity index (χ3v) is 3.43. The van der Waals surface area contributed by atoms with Gasteiger partial charge in [0.1, 0.15) is 0 Å². The average Bonchev–Trinajstić information content (AvgIpc) is 2.33. The van der Waals surface area contributed by atoms with Crippen molar-refractivity contribution in [3.63, 3.8) is 0 Å². The van der Waals surface area contributed by atoms with Crippen molar-refractivity contribution in [1.29, 1.82) is 0 Å². The van der Waals surface area contributed by atoms with Gasteiger partial charge in [-0.15, -0.1) is 24.8 Å². The molecule has 0 aromatic rings. The van der Waals surface area contributed by atoms with E-state index in [1.165, 1.54) is 32.4 Å². The number of hydrogen-bond donors (Lipinski definition) is 1. The van der Waals surface area contributed by atoms with Crippen LogP contribution < -0.4 is 5.73 Å². The minimum Gasteiger partial charge on any atom is -0.327 e. The van der Waals surface area contributed by atoms with Crippen LogP contribution in [0.1, 0.15) is 19.3 Å². The highest BCUT2D eigenvalue weighted by molar-refractivity contribution is 5.85. The minimum atomic E-state index is 0. The molecule has 1 aliphatic carbocycles. The molecule has 2 N–H and O–H groups in total. The van der Waals surface area contributed by atoms with Gasteiger partial charge in [0.05, 0.1) is 0 Å². The molecule has 2 fully saturated rings. The summed E-state index contributed by atoms with van der Waals surface area (Å²) in [5.41, 5.74) is 6.02. The maximum atomic E-state index is 6.02. The van der Waals surface area contributed by atoms with E-state index in [0.29, 0.717) is 6.04 Å². The smallest absolute Gasteiger partial charge is 0.00821 e. The lowest BCUT2D eigenvalue weighted by atomic mass is 9.87. The molecule has 0 spiro atoms. The standard InChI is InChI=1S/C9H18N2.2ClH/c1-11-5-4-7-2-3-9(10)8(7)6-11;;/h7-9H,2-6,10H2,1H3;2*1H/t7-,8+,9-;;/m0../s1. The molecule has 1 saturated heterocycles. The predicted molar refractivity (Wildman–Crippen MR) is 60.8 cm³/mol. The Bertz CT molecular complexity index is 155. The lowest BCUT2D eigenvalue weighted by molar-refractivity contribution is 0.157. The van der Waals surface area contributed by atoms with Gasteiger partial charge in [-0.1, -0.05) is 0 Å². The second-order valence-electron chi connectivity index (χ2n) is 4.22.